The summed E-state index contributed by atoms with van der Waals surface area (Å²) in [6.45, 7) is 4.96. The van der Waals surface area contributed by atoms with E-state index in [0.29, 0.717) is 5.56 Å². The third-order valence-electron chi connectivity index (χ3n) is 5.01. The average molecular weight is 386 g/mol. The van der Waals surface area contributed by atoms with Gasteiger partial charge in [-0.2, -0.15) is 5.26 Å². The molecule has 1 aromatic heterocycles. The Bertz CT molecular complexity index is 1000. The zero-order chi connectivity index (χ0) is 20.6. The van der Waals surface area contributed by atoms with Crippen molar-refractivity contribution in [3.8, 4) is 34.2 Å². The number of nitriles is 1. The molecule has 0 fully saturated rings. The van der Waals surface area contributed by atoms with Crippen LogP contribution in [0.1, 0.15) is 43.7 Å². The summed E-state index contributed by atoms with van der Waals surface area (Å²) in [5, 5.41) is 9.62. The van der Waals surface area contributed by atoms with Crippen molar-refractivity contribution in [3.05, 3.63) is 65.7 Å². The molecule has 4 heteroatoms. The first kappa shape index (κ1) is 20.4. The Morgan fingerprint density at radius 1 is 1.00 bits per heavy atom. The fraction of sp³-hybridized carbons (Fsp3) is 0.280. The van der Waals surface area contributed by atoms with E-state index in [0.717, 1.165) is 46.7 Å². The van der Waals surface area contributed by atoms with Crippen molar-refractivity contribution in [1.82, 2.24) is 4.98 Å². The molecule has 2 aromatic carbocycles. The van der Waals surface area contributed by atoms with Crippen molar-refractivity contribution < 1.29 is 4.74 Å². The molecule has 0 unspecified atom stereocenters. The van der Waals surface area contributed by atoms with Gasteiger partial charge in [0.2, 0.25) is 0 Å². The molecule has 0 aliphatic heterocycles. The minimum atomic E-state index is 0.250. The maximum Gasteiger partial charge on any atom is 0.142 e. The topological polar surface area (TPSA) is 71.9 Å². The fourth-order valence-corrected chi connectivity index (χ4v) is 3.36. The standard InChI is InChI=1S/C25H27N3O/c1-3-4-5-8-15-29-20-13-11-19(12-14-20)22-16-24(28-25(27)23(22)17-26)21-10-7-6-9-18(21)2/h6-7,9-14,16H,3-5,8,15H2,1-2H3,(H2,27,28). The predicted molar refractivity (Wildman–Crippen MR) is 119 cm³/mol. The Hall–Kier alpha value is -3.32. The summed E-state index contributed by atoms with van der Waals surface area (Å²) in [6, 6.07) is 20.0. The van der Waals surface area contributed by atoms with Gasteiger partial charge in [-0.15, -0.1) is 0 Å². The van der Waals surface area contributed by atoms with Gasteiger partial charge in [-0.05, 0) is 42.7 Å². The molecule has 0 aliphatic rings. The molecule has 0 saturated heterocycles. The maximum absolute atomic E-state index is 9.62. The van der Waals surface area contributed by atoms with Gasteiger partial charge in [0.15, 0.2) is 0 Å². The molecule has 0 bridgehead atoms. The zero-order valence-corrected chi connectivity index (χ0v) is 17.1. The number of aromatic nitrogens is 1. The molecule has 0 radical (unpaired) electrons. The number of nitrogens with two attached hydrogens (primary N) is 1. The third-order valence-corrected chi connectivity index (χ3v) is 5.01. The lowest BCUT2D eigenvalue weighted by atomic mass is 9.97. The van der Waals surface area contributed by atoms with E-state index in [-0.39, 0.29) is 5.82 Å². The number of nitrogen functional groups attached to an aromatic ring is 1. The molecule has 3 rings (SSSR count). The zero-order valence-electron chi connectivity index (χ0n) is 17.1. The second-order valence-corrected chi connectivity index (χ2v) is 7.18. The quantitative estimate of drug-likeness (QED) is 0.473. The fourth-order valence-electron chi connectivity index (χ4n) is 3.36. The number of benzene rings is 2. The van der Waals surface area contributed by atoms with E-state index in [1.54, 1.807) is 0 Å². The Morgan fingerprint density at radius 2 is 1.76 bits per heavy atom. The van der Waals surface area contributed by atoms with Gasteiger partial charge < -0.3 is 10.5 Å². The molecular weight excluding hydrogens is 358 g/mol. The number of hydrogen-bond donors (Lipinski definition) is 1. The van der Waals surface area contributed by atoms with Crippen LogP contribution in [0.5, 0.6) is 5.75 Å². The molecule has 0 amide bonds. The first-order valence-electron chi connectivity index (χ1n) is 10.1. The molecule has 29 heavy (non-hydrogen) atoms. The summed E-state index contributed by atoms with van der Waals surface area (Å²) in [4.78, 5) is 4.47. The number of unbranched alkanes of at least 4 members (excludes halogenated alkanes) is 3. The summed E-state index contributed by atoms with van der Waals surface area (Å²) in [6.07, 6.45) is 4.72. The molecule has 4 nitrogen and oxygen atoms in total. The van der Waals surface area contributed by atoms with Gasteiger partial charge in [0, 0.05) is 11.1 Å². The molecule has 0 spiro atoms. The molecule has 148 valence electrons. The van der Waals surface area contributed by atoms with Gasteiger partial charge in [-0.3, -0.25) is 0 Å². The van der Waals surface area contributed by atoms with Crippen LogP contribution in [0.15, 0.2) is 54.6 Å². The molecule has 0 saturated carbocycles. The Balaban J connectivity index is 1.88. The number of aryl methyl sites for hydroxylation is 1. The number of pyridine rings is 1. The summed E-state index contributed by atoms with van der Waals surface area (Å²) in [7, 11) is 0. The molecule has 2 N–H and O–H groups in total. The van der Waals surface area contributed by atoms with Crippen LogP contribution >= 0.6 is 0 Å². The van der Waals surface area contributed by atoms with Crippen LogP contribution in [-0.2, 0) is 0 Å². The van der Waals surface area contributed by atoms with Crippen molar-refractivity contribution in [2.45, 2.75) is 39.5 Å². The maximum atomic E-state index is 9.62. The van der Waals surface area contributed by atoms with Crippen LogP contribution < -0.4 is 10.5 Å². The lowest BCUT2D eigenvalue weighted by molar-refractivity contribution is 0.305. The molecular formula is C25H27N3O. The Kier molecular flexibility index (Phi) is 6.86. The van der Waals surface area contributed by atoms with Crippen molar-refractivity contribution >= 4 is 5.82 Å². The number of anilines is 1. The van der Waals surface area contributed by atoms with Gasteiger partial charge in [-0.1, -0.05) is 62.6 Å². The number of nitrogens with zero attached hydrogens (tertiary/aromatic N) is 2. The van der Waals surface area contributed by atoms with Crippen molar-refractivity contribution in [2.75, 3.05) is 12.3 Å². The van der Waals surface area contributed by atoms with Crippen LogP contribution in [0, 0.1) is 18.3 Å². The highest BCUT2D eigenvalue weighted by Crippen LogP contribution is 2.33. The van der Waals surface area contributed by atoms with Gasteiger partial charge in [0.1, 0.15) is 23.2 Å². The highest BCUT2D eigenvalue weighted by atomic mass is 16.5. The van der Waals surface area contributed by atoms with E-state index in [1.165, 1.54) is 19.3 Å². The molecule has 3 aromatic rings. The lowest BCUT2D eigenvalue weighted by Crippen LogP contribution is -2.00. The second kappa shape index (κ2) is 9.75. The number of rotatable bonds is 8. The van der Waals surface area contributed by atoms with Gasteiger partial charge in [0.05, 0.1) is 12.3 Å². The highest BCUT2D eigenvalue weighted by Gasteiger charge is 2.14. The summed E-state index contributed by atoms with van der Waals surface area (Å²) in [5.74, 6) is 1.09. The average Bonchev–Trinajstić information content (AvgIpc) is 2.74. The summed E-state index contributed by atoms with van der Waals surface area (Å²) in [5.41, 5.74) is 11.1. The van der Waals surface area contributed by atoms with Crippen LogP contribution in [0.2, 0.25) is 0 Å². The van der Waals surface area contributed by atoms with Gasteiger partial charge >= 0.3 is 0 Å². The lowest BCUT2D eigenvalue weighted by Gasteiger charge is -2.12. The van der Waals surface area contributed by atoms with E-state index >= 15 is 0 Å². The predicted octanol–water partition coefficient (Wildman–Crippen LogP) is 6.14. The Morgan fingerprint density at radius 3 is 2.45 bits per heavy atom. The molecule has 1 heterocycles. The molecule has 0 atom stereocenters. The SMILES string of the molecule is CCCCCCOc1ccc(-c2cc(-c3ccccc3C)nc(N)c2C#N)cc1. The molecule has 0 aliphatic carbocycles. The minimum Gasteiger partial charge on any atom is -0.494 e. The van der Waals surface area contributed by atoms with Crippen LogP contribution in [0.3, 0.4) is 0 Å². The van der Waals surface area contributed by atoms with E-state index in [1.807, 2.05) is 61.5 Å². The van der Waals surface area contributed by atoms with Gasteiger partial charge in [0.25, 0.3) is 0 Å². The Labute approximate surface area is 173 Å². The van der Waals surface area contributed by atoms with Gasteiger partial charge in [-0.25, -0.2) is 4.98 Å². The smallest absolute Gasteiger partial charge is 0.142 e. The second-order valence-electron chi connectivity index (χ2n) is 7.18. The minimum absolute atomic E-state index is 0.250. The third kappa shape index (κ3) is 4.94. The van der Waals surface area contributed by atoms with E-state index in [2.05, 4.69) is 18.0 Å². The summed E-state index contributed by atoms with van der Waals surface area (Å²) < 4.78 is 5.83. The van der Waals surface area contributed by atoms with Crippen LogP contribution in [0.4, 0.5) is 5.82 Å². The van der Waals surface area contributed by atoms with Crippen LogP contribution in [-0.4, -0.2) is 11.6 Å². The van der Waals surface area contributed by atoms with Crippen molar-refractivity contribution in [3.63, 3.8) is 0 Å². The normalized spacial score (nSPS) is 10.5. The summed E-state index contributed by atoms with van der Waals surface area (Å²) >= 11 is 0. The highest BCUT2D eigenvalue weighted by molar-refractivity contribution is 5.80. The number of ether oxygens (including phenoxy) is 1. The van der Waals surface area contributed by atoms with Crippen molar-refractivity contribution in [1.29, 1.82) is 5.26 Å². The first-order chi connectivity index (χ1) is 14.1. The van der Waals surface area contributed by atoms with E-state index in [9.17, 15) is 5.26 Å². The monoisotopic (exact) mass is 385 g/mol. The van der Waals surface area contributed by atoms with Crippen molar-refractivity contribution in [2.24, 2.45) is 0 Å². The van der Waals surface area contributed by atoms with E-state index < -0.39 is 0 Å². The van der Waals surface area contributed by atoms with E-state index in [4.69, 9.17) is 10.5 Å². The first-order valence-corrected chi connectivity index (χ1v) is 10.1. The largest absolute Gasteiger partial charge is 0.494 e. The number of hydrogen-bond acceptors (Lipinski definition) is 4. The van der Waals surface area contributed by atoms with Crippen LogP contribution in [0.25, 0.3) is 22.4 Å².